The Hall–Kier alpha value is -2.27. The van der Waals surface area contributed by atoms with Crippen molar-refractivity contribution in [2.75, 3.05) is 0 Å². The predicted octanol–water partition coefficient (Wildman–Crippen LogP) is 2.57. The number of rotatable bonds is 4. The maximum atomic E-state index is 10.7. The van der Waals surface area contributed by atoms with E-state index in [2.05, 4.69) is 4.98 Å². The van der Waals surface area contributed by atoms with Crippen LogP contribution >= 0.6 is 0 Å². The normalized spacial score (nSPS) is 12.1. The van der Waals surface area contributed by atoms with Crippen LogP contribution in [0.3, 0.4) is 0 Å². The molecule has 98 valence electrons. The van der Waals surface area contributed by atoms with Crippen molar-refractivity contribution in [3.05, 3.63) is 69.5 Å². The first-order valence-electron chi connectivity index (χ1n) is 5.92. The summed E-state index contributed by atoms with van der Waals surface area (Å²) >= 11 is 0. The smallest absolute Gasteiger partial charge is 0.290 e. The molecule has 5 heteroatoms. The van der Waals surface area contributed by atoms with Crippen LogP contribution in [0.25, 0.3) is 0 Å². The van der Waals surface area contributed by atoms with E-state index in [-0.39, 0.29) is 5.69 Å². The maximum Gasteiger partial charge on any atom is 0.290 e. The highest BCUT2D eigenvalue weighted by Crippen LogP contribution is 2.20. The lowest BCUT2D eigenvalue weighted by atomic mass is 10.0. The summed E-state index contributed by atoms with van der Waals surface area (Å²) < 4.78 is 0. The van der Waals surface area contributed by atoms with Gasteiger partial charge in [0.15, 0.2) is 0 Å². The van der Waals surface area contributed by atoms with Gasteiger partial charge in [-0.2, -0.15) is 0 Å². The van der Waals surface area contributed by atoms with Gasteiger partial charge in [0, 0.05) is 18.2 Å². The van der Waals surface area contributed by atoms with E-state index in [0.29, 0.717) is 17.8 Å². The third kappa shape index (κ3) is 3.14. The molecule has 2 aromatic rings. The van der Waals surface area contributed by atoms with Gasteiger partial charge in [0.25, 0.3) is 5.69 Å². The zero-order valence-corrected chi connectivity index (χ0v) is 10.5. The molecule has 0 bridgehead atoms. The number of aromatic nitrogens is 1. The summed E-state index contributed by atoms with van der Waals surface area (Å²) in [7, 11) is 0. The van der Waals surface area contributed by atoms with Crippen molar-refractivity contribution >= 4 is 5.69 Å². The van der Waals surface area contributed by atoms with E-state index in [1.165, 1.54) is 6.07 Å². The first kappa shape index (κ1) is 13.2. The summed E-state index contributed by atoms with van der Waals surface area (Å²) in [5.41, 5.74) is 1.81. The van der Waals surface area contributed by atoms with Crippen LogP contribution in [0.2, 0.25) is 0 Å². The number of hydrogen-bond donors (Lipinski definition) is 1. The topological polar surface area (TPSA) is 76.3 Å². The van der Waals surface area contributed by atoms with E-state index in [4.69, 9.17) is 0 Å². The lowest BCUT2D eigenvalue weighted by Crippen LogP contribution is -2.05. The van der Waals surface area contributed by atoms with Crippen LogP contribution < -0.4 is 0 Å². The fourth-order valence-electron chi connectivity index (χ4n) is 1.90. The number of pyridine rings is 1. The van der Waals surface area contributed by atoms with Crippen LogP contribution in [-0.4, -0.2) is 15.0 Å². The van der Waals surface area contributed by atoms with Crippen LogP contribution in [0.1, 0.15) is 23.1 Å². The minimum atomic E-state index is -0.658. The van der Waals surface area contributed by atoms with Gasteiger partial charge in [-0.1, -0.05) is 30.3 Å². The molecule has 0 aliphatic carbocycles. The molecule has 1 N–H and O–H groups in total. The van der Waals surface area contributed by atoms with Crippen molar-refractivity contribution in [3.8, 4) is 0 Å². The third-order valence-corrected chi connectivity index (χ3v) is 2.90. The second-order valence-corrected chi connectivity index (χ2v) is 4.29. The van der Waals surface area contributed by atoms with Crippen molar-refractivity contribution in [3.63, 3.8) is 0 Å². The minimum Gasteiger partial charge on any atom is -0.388 e. The number of nitro groups is 1. The van der Waals surface area contributed by atoms with Crippen molar-refractivity contribution < 1.29 is 10.0 Å². The standard InChI is InChI=1S/C14H14N2O3/c1-10-13(16(18)19)8-7-12(15-10)9-14(17)11-5-3-2-4-6-11/h2-8,14,17H,9H2,1H3. The molecule has 0 fully saturated rings. The lowest BCUT2D eigenvalue weighted by Gasteiger charge is -2.10. The van der Waals surface area contributed by atoms with Gasteiger partial charge >= 0.3 is 0 Å². The average Bonchev–Trinajstić information content (AvgIpc) is 2.39. The number of aliphatic hydroxyl groups excluding tert-OH is 1. The predicted molar refractivity (Wildman–Crippen MR) is 70.7 cm³/mol. The van der Waals surface area contributed by atoms with Gasteiger partial charge < -0.3 is 5.11 Å². The fourth-order valence-corrected chi connectivity index (χ4v) is 1.90. The van der Waals surface area contributed by atoms with Crippen molar-refractivity contribution in [2.45, 2.75) is 19.4 Å². The largest absolute Gasteiger partial charge is 0.388 e. The molecular weight excluding hydrogens is 244 g/mol. The van der Waals surface area contributed by atoms with E-state index in [1.54, 1.807) is 13.0 Å². The summed E-state index contributed by atoms with van der Waals surface area (Å²) in [5.74, 6) is 0. The molecule has 5 nitrogen and oxygen atoms in total. The molecule has 0 radical (unpaired) electrons. The Morgan fingerprint density at radius 2 is 1.95 bits per heavy atom. The second-order valence-electron chi connectivity index (χ2n) is 4.29. The van der Waals surface area contributed by atoms with Gasteiger partial charge in [-0.15, -0.1) is 0 Å². The molecule has 0 aliphatic heterocycles. The number of aryl methyl sites for hydroxylation is 1. The molecule has 1 aromatic heterocycles. The molecule has 0 saturated carbocycles. The molecule has 1 unspecified atom stereocenters. The van der Waals surface area contributed by atoms with Crippen molar-refractivity contribution in [2.24, 2.45) is 0 Å². The highest BCUT2D eigenvalue weighted by atomic mass is 16.6. The molecule has 2 rings (SSSR count). The number of hydrogen-bond acceptors (Lipinski definition) is 4. The van der Waals surface area contributed by atoms with Crippen LogP contribution in [0, 0.1) is 17.0 Å². The van der Waals surface area contributed by atoms with Gasteiger partial charge in [-0.3, -0.25) is 15.1 Å². The summed E-state index contributed by atoms with van der Waals surface area (Å²) in [4.78, 5) is 14.4. The van der Waals surface area contributed by atoms with Crippen LogP contribution in [-0.2, 0) is 6.42 Å². The summed E-state index contributed by atoms with van der Waals surface area (Å²) in [5, 5.41) is 20.8. The van der Waals surface area contributed by atoms with Crippen molar-refractivity contribution in [1.82, 2.24) is 4.98 Å². The van der Waals surface area contributed by atoms with E-state index in [1.807, 2.05) is 30.3 Å². The van der Waals surface area contributed by atoms with Crippen LogP contribution in [0.4, 0.5) is 5.69 Å². The molecule has 1 heterocycles. The Kier molecular flexibility index (Phi) is 3.87. The monoisotopic (exact) mass is 258 g/mol. The van der Waals surface area contributed by atoms with E-state index < -0.39 is 11.0 Å². The first-order chi connectivity index (χ1) is 9.08. The molecule has 0 saturated heterocycles. The average molecular weight is 258 g/mol. The quantitative estimate of drug-likeness (QED) is 0.675. The van der Waals surface area contributed by atoms with Gasteiger partial charge in [-0.25, -0.2) is 0 Å². The lowest BCUT2D eigenvalue weighted by molar-refractivity contribution is -0.385. The zero-order chi connectivity index (χ0) is 13.8. The molecule has 19 heavy (non-hydrogen) atoms. The molecule has 0 amide bonds. The Balaban J connectivity index is 2.16. The summed E-state index contributed by atoms with van der Waals surface area (Å²) in [6.07, 6.45) is -0.322. The van der Waals surface area contributed by atoms with Crippen molar-refractivity contribution in [1.29, 1.82) is 0 Å². The summed E-state index contributed by atoms with van der Waals surface area (Å²) in [6.45, 7) is 1.59. The van der Waals surface area contributed by atoms with Gasteiger partial charge in [0.1, 0.15) is 5.69 Å². The Bertz CT molecular complexity index is 584. The highest BCUT2D eigenvalue weighted by Gasteiger charge is 2.14. The van der Waals surface area contributed by atoms with E-state index in [9.17, 15) is 15.2 Å². The Morgan fingerprint density at radius 3 is 2.53 bits per heavy atom. The second kappa shape index (κ2) is 5.58. The molecular formula is C14H14N2O3. The van der Waals surface area contributed by atoms with E-state index >= 15 is 0 Å². The minimum absolute atomic E-state index is 0.00190. The SMILES string of the molecule is Cc1nc(CC(O)c2ccccc2)ccc1[N+](=O)[O-]. The number of aliphatic hydroxyl groups is 1. The molecule has 0 aliphatic rings. The third-order valence-electron chi connectivity index (χ3n) is 2.90. The van der Waals surface area contributed by atoms with E-state index in [0.717, 1.165) is 5.56 Å². The number of nitrogens with zero attached hydrogens (tertiary/aromatic N) is 2. The zero-order valence-electron chi connectivity index (χ0n) is 10.5. The molecule has 1 atom stereocenters. The highest BCUT2D eigenvalue weighted by molar-refractivity contribution is 5.35. The molecule has 1 aromatic carbocycles. The maximum absolute atomic E-state index is 10.7. The van der Waals surface area contributed by atoms with Crippen LogP contribution in [0.5, 0.6) is 0 Å². The summed E-state index contributed by atoms with van der Waals surface area (Å²) in [6, 6.07) is 12.3. The van der Waals surface area contributed by atoms with Crippen LogP contribution in [0.15, 0.2) is 42.5 Å². The molecule has 0 spiro atoms. The van der Waals surface area contributed by atoms with Gasteiger partial charge in [-0.05, 0) is 18.6 Å². The Morgan fingerprint density at radius 1 is 1.26 bits per heavy atom. The van der Waals surface area contributed by atoms with Gasteiger partial charge in [0.05, 0.1) is 11.0 Å². The first-order valence-corrected chi connectivity index (χ1v) is 5.92. The Labute approximate surface area is 110 Å². The van der Waals surface area contributed by atoms with Gasteiger partial charge in [0.2, 0.25) is 0 Å². The fraction of sp³-hybridized carbons (Fsp3) is 0.214. The number of benzene rings is 1.